The molecule has 1 aliphatic carbocycles. The summed E-state index contributed by atoms with van der Waals surface area (Å²) in [6.45, 7) is 17.2. The van der Waals surface area contributed by atoms with Gasteiger partial charge in [-0.3, -0.25) is 0 Å². The highest BCUT2D eigenvalue weighted by molar-refractivity contribution is 6.74. The number of hydrogen-bond donors (Lipinski definition) is 0. The van der Waals surface area contributed by atoms with Gasteiger partial charge in [0.1, 0.15) is 5.75 Å². The molecule has 0 saturated heterocycles. The lowest BCUT2D eigenvalue weighted by Crippen LogP contribution is -2.42. The molecule has 1 fully saturated rings. The highest BCUT2D eigenvalue weighted by Gasteiger charge is 2.39. The van der Waals surface area contributed by atoms with Gasteiger partial charge in [0.05, 0.1) is 0 Å². The van der Waals surface area contributed by atoms with Crippen molar-refractivity contribution in [3.63, 3.8) is 0 Å². The van der Waals surface area contributed by atoms with Crippen LogP contribution in [0, 0.1) is 26.7 Å². The van der Waals surface area contributed by atoms with E-state index in [9.17, 15) is 9.18 Å². The molecule has 2 rings (SSSR count). The fourth-order valence-electron chi connectivity index (χ4n) is 3.51. The first-order chi connectivity index (χ1) is 12.8. The summed E-state index contributed by atoms with van der Waals surface area (Å²) in [6, 6.07) is 3.87. The zero-order chi connectivity index (χ0) is 21.3. The number of benzene rings is 1. The molecule has 156 valence electrons. The van der Waals surface area contributed by atoms with Crippen LogP contribution in [0.25, 0.3) is 0 Å². The van der Waals surface area contributed by atoms with Gasteiger partial charge >= 0.3 is 5.97 Å². The molecule has 3 nitrogen and oxygen atoms in total. The van der Waals surface area contributed by atoms with Crippen molar-refractivity contribution < 1.29 is 18.3 Å². The van der Waals surface area contributed by atoms with Crippen LogP contribution in [-0.4, -0.2) is 20.9 Å². The van der Waals surface area contributed by atoms with E-state index in [4.69, 9.17) is 9.16 Å². The van der Waals surface area contributed by atoms with Gasteiger partial charge < -0.3 is 9.16 Å². The maximum absolute atomic E-state index is 15.0. The van der Waals surface area contributed by atoms with Gasteiger partial charge in [0.15, 0.2) is 8.32 Å². The van der Waals surface area contributed by atoms with Crippen molar-refractivity contribution in [1.29, 1.82) is 0 Å². The van der Waals surface area contributed by atoms with Crippen LogP contribution < -0.4 is 4.74 Å². The van der Waals surface area contributed by atoms with Gasteiger partial charge in [-0.1, -0.05) is 38.5 Å². The molecule has 5 heteroatoms. The largest absolute Gasteiger partial charge is 0.421 e. The van der Waals surface area contributed by atoms with Crippen LogP contribution >= 0.6 is 0 Å². The van der Waals surface area contributed by atoms with Crippen molar-refractivity contribution >= 4 is 14.3 Å². The fourth-order valence-corrected chi connectivity index (χ4v) is 4.56. The minimum absolute atomic E-state index is 0.0399. The quantitative estimate of drug-likeness (QED) is 0.240. The summed E-state index contributed by atoms with van der Waals surface area (Å²) in [5.74, 6) is -1.20. The summed E-state index contributed by atoms with van der Waals surface area (Å²) in [5.41, 5.74) is 3.33. The van der Waals surface area contributed by atoms with E-state index in [1.54, 1.807) is 0 Å². The SMILES string of the molecule is Cc1cc(C)c(OC(=O)/C(F)=C2\CCCC2CO[Si](C)(C)C(C)(C)C)c(C)c1. The van der Waals surface area contributed by atoms with Crippen molar-refractivity contribution in [3.8, 4) is 5.75 Å². The average Bonchev–Trinajstić information content (AvgIpc) is 3.02. The van der Waals surface area contributed by atoms with Crippen molar-refractivity contribution in [2.45, 2.75) is 78.9 Å². The van der Waals surface area contributed by atoms with Gasteiger partial charge in [0.2, 0.25) is 5.83 Å². The number of halogens is 1. The third kappa shape index (κ3) is 5.12. The zero-order valence-corrected chi connectivity index (χ0v) is 19.7. The highest BCUT2D eigenvalue weighted by atomic mass is 28.4. The lowest BCUT2D eigenvalue weighted by atomic mass is 10.0. The van der Waals surface area contributed by atoms with Gasteiger partial charge in [-0.15, -0.1) is 0 Å². The fraction of sp³-hybridized carbons (Fsp3) is 0.609. The van der Waals surface area contributed by atoms with E-state index in [0.29, 0.717) is 24.4 Å². The normalized spacial score (nSPS) is 19.7. The number of esters is 1. The summed E-state index contributed by atoms with van der Waals surface area (Å²) in [7, 11) is -1.91. The Balaban J connectivity index is 2.15. The highest BCUT2D eigenvalue weighted by Crippen LogP contribution is 2.40. The predicted molar refractivity (Wildman–Crippen MR) is 115 cm³/mol. The molecule has 1 aliphatic rings. The van der Waals surface area contributed by atoms with E-state index < -0.39 is 20.1 Å². The molecule has 1 atom stereocenters. The molecule has 1 aromatic carbocycles. The summed E-state index contributed by atoms with van der Waals surface area (Å²) < 4.78 is 26.7. The monoisotopic (exact) mass is 406 g/mol. The van der Waals surface area contributed by atoms with Crippen LogP contribution in [0.4, 0.5) is 4.39 Å². The van der Waals surface area contributed by atoms with E-state index >= 15 is 0 Å². The van der Waals surface area contributed by atoms with Crippen LogP contribution in [0.5, 0.6) is 5.75 Å². The number of rotatable bonds is 5. The number of hydrogen-bond acceptors (Lipinski definition) is 3. The first-order valence-electron chi connectivity index (χ1n) is 10.2. The molecule has 1 unspecified atom stereocenters. The molecule has 0 aliphatic heterocycles. The first-order valence-corrected chi connectivity index (χ1v) is 13.1. The minimum atomic E-state index is -1.91. The Labute approximate surface area is 170 Å². The molecule has 1 saturated carbocycles. The van der Waals surface area contributed by atoms with Gasteiger partial charge in [0, 0.05) is 12.5 Å². The third-order valence-electron chi connectivity index (χ3n) is 6.20. The van der Waals surface area contributed by atoms with Crippen molar-refractivity contribution in [2.75, 3.05) is 6.61 Å². The summed E-state index contributed by atoms with van der Waals surface area (Å²) in [4.78, 5) is 12.5. The molecule has 0 spiro atoms. The summed E-state index contributed by atoms with van der Waals surface area (Å²) in [6.07, 6.45) is 2.33. The van der Waals surface area contributed by atoms with Crippen LogP contribution in [0.2, 0.25) is 18.1 Å². The summed E-state index contributed by atoms with van der Waals surface area (Å²) >= 11 is 0. The Kier molecular flexibility index (Phi) is 6.93. The van der Waals surface area contributed by atoms with E-state index in [1.807, 2.05) is 32.9 Å². The topological polar surface area (TPSA) is 35.5 Å². The third-order valence-corrected chi connectivity index (χ3v) is 10.7. The van der Waals surface area contributed by atoms with Gasteiger partial charge in [0.25, 0.3) is 0 Å². The van der Waals surface area contributed by atoms with Gasteiger partial charge in [-0.25, -0.2) is 4.79 Å². The molecular formula is C23H35FO3Si. The zero-order valence-electron chi connectivity index (χ0n) is 18.7. The van der Waals surface area contributed by atoms with Crippen LogP contribution in [0.15, 0.2) is 23.5 Å². The number of aryl methyl sites for hydroxylation is 3. The van der Waals surface area contributed by atoms with Crippen molar-refractivity contribution in [1.82, 2.24) is 0 Å². The van der Waals surface area contributed by atoms with Gasteiger partial charge in [-0.2, -0.15) is 4.39 Å². The first kappa shape index (κ1) is 22.8. The second kappa shape index (κ2) is 8.50. The lowest BCUT2D eigenvalue weighted by Gasteiger charge is -2.37. The van der Waals surface area contributed by atoms with Crippen LogP contribution in [0.1, 0.15) is 56.7 Å². The molecule has 0 radical (unpaired) electrons. The Morgan fingerprint density at radius 2 is 1.75 bits per heavy atom. The summed E-state index contributed by atoms with van der Waals surface area (Å²) in [5, 5.41) is 0.105. The molecule has 28 heavy (non-hydrogen) atoms. The average molecular weight is 407 g/mol. The molecule has 0 heterocycles. The van der Waals surface area contributed by atoms with Gasteiger partial charge in [-0.05, 0) is 74.9 Å². The molecule has 0 amide bonds. The maximum Gasteiger partial charge on any atom is 0.372 e. The van der Waals surface area contributed by atoms with Crippen LogP contribution in [0.3, 0.4) is 0 Å². The maximum atomic E-state index is 15.0. The Morgan fingerprint density at radius 1 is 1.18 bits per heavy atom. The predicted octanol–water partition coefficient (Wildman–Crippen LogP) is 6.56. The second-order valence-corrected chi connectivity index (χ2v) is 14.4. The molecule has 0 aromatic heterocycles. The van der Waals surface area contributed by atoms with E-state index in [1.165, 1.54) is 0 Å². The molecule has 0 N–H and O–H groups in total. The Bertz CT molecular complexity index is 752. The van der Waals surface area contributed by atoms with Crippen molar-refractivity contribution in [2.24, 2.45) is 5.92 Å². The lowest BCUT2D eigenvalue weighted by molar-refractivity contribution is -0.132. The number of ether oxygens (including phenoxy) is 1. The Morgan fingerprint density at radius 3 is 2.29 bits per heavy atom. The number of carbonyl (C=O) groups is 1. The van der Waals surface area contributed by atoms with E-state index in [0.717, 1.165) is 29.5 Å². The van der Waals surface area contributed by atoms with Crippen LogP contribution in [-0.2, 0) is 9.22 Å². The smallest absolute Gasteiger partial charge is 0.372 e. The van der Waals surface area contributed by atoms with Crippen molar-refractivity contribution in [3.05, 3.63) is 40.2 Å². The minimum Gasteiger partial charge on any atom is -0.421 e. The molecule has 0 bridgehead atoms. The standard InChI is InChI=1S/C23H35FO3Si/c1-15-12-16(2)21(17(3)13-15)27-22(25)20(24)19-11-9-10-18(19)14-26-28(7,8)23(4,5)6/h12-13,18H,9-11,14H2,1-8H3/b20-19-. The molecular weight excluding hydrogens is 371 g/mol. The van der Waals surface area contributed by atoms with E-state index in [-0.39, 0.29) is 11.0 Å². The Hall–Kier alpha value is -1.46. The second-order valence-electron chi connectivity index (χ2n) is 9.62. The van der Waals surface area contributed by atoms with E-state index in [2.05, 4.69) is 33.9 Å². The molecule has 1 aromatic rings. The number of carbonyl (C=O) groups excluding carboxylic acids is 1.